The summed E-state index contributed by atoms with van der Waals surface area (Å²) in [6.07, 6.45) is 4.80. The lowest BCUT2D eigenvalue weighted by atomic mass is 10.1. The van der Waals surface area contributed by atoms with Crippen LogP contribution in [0.5, 0.6) is 0 Å². The maximum absolute atomic E-state index is 11.9. The molecular formula is C22H34O8. The van der Waals surface area contributed by atoms with Gasteiger partial charge in [-0.25, -0.2) is 9.59 Å². The molecule has 0 radical (unpaired) electrons. The summed E-state index contributed by atoms with van der Waals surface area (Å²) in [5.41, 5.74) is -0.0622. The van der Waals surface area contributed by atoms with Crippen molar-refractivity contribution in [3.8, 4) is 0 Å². The smallest absolute Gasteiger partial charge is 0.339 e. The third-order valence-electron chi connectivity index (χ3n) is 4.10. The first-order chi connectivity index (χ1) is 14.7. The van der Waals surface area contributed by atoms with Gasteiger partial charge in [0.05, 0.1) is 57.4 Å². The van der Waals surface area contributed by atoms with Crippen molar-refractivity contribution in [2.75, 3.05) is 59.5 Å². The lowest BCUT2D eigenvalue weighted by Gasteiger charge is -2.09. The Morgan fingerprint density at radius 1 is 0.700 bits per heavy atom. The summed E-state index contributed by atoms with van der Waals surface area (Å²) in [5, 5.41) is 9.07. The van der Waals surface area contributed by atoms with Crippen molar-refractivity contribution in [1.82, 2.24) is 0 Å². The van der Waals surface area contributed by atoms with E-state index in [0.717, 1.165) is 13.0 Å². The first-order valence-electron chi connectivity index (χ1n) is 10.5. The van der Waals surface area contributed by atoms with Crippen molar-refractivity contribution < 1.29 is 38.4 Å². The van der Waals surface area contributed by atoms with Crippen molar-refractivity contribution in [3.05, 3.63) is 35.4 Å². The van der Waals surface area contributed by atoms with E-state index in [0.29, 0.717) is 39.6 Å². The highest BCUT2D eigenvalue weighted by atomic mass is 16.6. The number of esters is 1. The lowest BCUT2D eigenvalue weighted by molar-refractivity contribution is -0.00916. The highest BCUT2D eigenvalue weighted by Gasteiger charge is 2.16. The molecule has 30 heavy (non-hydrogen) atoms. The molecule has 0 bridgehead atoms. The average Bonchev–Trinajstić information content (AvgIpc) is 2.75. The van der Waals surface area contributed by atoms with Gasteiger partial charge in [0.15, 0.2) is 0 Å². The Balaban J connectivity index is 1.89. The van der Waals surface area contributed by atoms with Gasteiger partial charge in [-0.05, 0) is 18.6 Å². The predicted molar refractivity (Wildman–Crippen MR) is 111 cm³/mol. The highest BCUT2D eigenvalue weighted by Crippen LogP contribution is 2.10. The SMILES string of the molecule is CCCCCCOCCOCCOCCOCCOC(=O)c1ccccc1C(=O)O. The number of benzene rings is 1. The maximum Gasteiger partial charge on any atom is 0.339 e. The summed E-state index contributed by atoms with van der Waals surface area (Å²) in [6.45, 7) is 6.13. The van der Waals surface area contributed by atoms with E-state index < -0.39 is 11.9 Å². The quantitative estimate of drug-likeness (QED) is 0.266. The van der Waals surface area contributed by atoms with Gasteiger partial charge in [-0.3, -0.25) is 0 Å². The molecule has 8 heteroatoms. The van der Waals surface area contributed by atoms with Crippen LogP contribution in [0.4, 0.5) is 0 Å². The van der Waals surface area contributed by atoms with Crippen LogP contribution < -0.4 is 0 Å². The van der Waals surface area contributed by atoms with Crippen LogP contribution in [0.25, 0.3) is 0 Å². The van der Waals surface area contributed by atoms with E-state index in [2.05, 4.69) is 6.92 Å². The average molecular weight is 427 g/mol. The largest absolute Gasteiger partial charge is 0.478 e. The fourth-order valence-corrected chi connectivity index (χ4v) is 2.51. The Bertz CT molecular complexity index is 590. The van der Waals surface area contributed by atoms with Gasteiger partial charge < -0.3 is 28.8 Å². The molecule has 8 nitrogen and oxygen atoms in total. The summed E-state index contributed by atoms with van der Waals surface area (Å²) in [4.78, 5) is 23.0. The highest BCUT2D eigenvalue weighted by molar-refractivity contribution is 6.02. The second-order valence-corrected chi connectivity index (χ2v) is 6.50. The Hall–Kier alpha value is -2.00. The van der Waals surface area contributed by atoms with E-state index in [-0.39, 0.29) is 24.3 Å². The van der Waals surface area contributed by atoms with Crippen molar-refractivity contribution in [3.63, 3.8) is 0 Å². The minimum Gasteiger partial charge on any atom is -0.478 e. The molecule has 0 unspecified atom stereocenters. The zero-order valence-electron chi connectivity index (χ0n) is 17.8. The number of carboxylic acid groups (broad SMARTS) is 1. The summed E-state index contributed by atoms with van der Waals surface area (Å²) in [7, 11) is 0. The molecule has 1 aromatic carbocycles. The van der Waals surface area contributed by atoms with E-state index in [4.69, 9.17) is 28.8 Å². The summed E-state index contributed by atoms with van der Waals surface area (Å²) < 4.78 is 26.6. The van der Waals surface area contributed by atoms with Crippen molar-refractivity contribution in [1.29, 1.82) is 0 Å². The molecule has 0 fully saturated rings. The molecule has 0 aromatic heterocycles. The molecule has 0 atom stereocenters. The van der Waals surface area contributed by atoms with Gasteiger partial charge in [0.2, 0.25) is 0 Å². The molecule has 0 aliphatic carbocycles. The number of carboxylic acids is 1. The van der Waals surface area contributed by atoms with Gasteiger partial charge in [0.25, 0.3) is 0 Å². The number of carbonyl (C=O) groups excluding carboxylic acids is 1. The summed E-state index contributed by atoms with van der Waals surface area (Å²) in [6, 6.07) is 5.92. The van der Waals surface area contributed by atoms with Crippen LogP contribution in [0.2, 0.25) is 0 Å². The number of hydrogen-bond acceptors (Lipinski definition) is 7. The number of unbranched alkanes of at least 4 members (excludes halogenated alkanes) is 3. The topological polar surface area (TPSA) is 101 Å². The van der Waals surface area contributed by atoms with Crippen LogP contribution >= 0.6 is 0 Å². The second-order valence-electron chi connectivity index (χ2n) is 6.50. The molecule has 0 saturated carbocycles. The van der Waals surface area contributed by atoms with Crippen molar-refractivity contribution in [2.45, 2.75) is 32.6 Å². The van der Waals surface area contributed by atoms with Crippen LogP contribution in [0.1, 0.15) is 53.3 Å². The zero-order chi connectivity index (χ0) is 21.9. The van der Waals surface area contributed by atoms with Gasteiger partial charge in [0, 0.05) is 6.61 Å². The summed E-state index contributed by atoms with van der Waals surface area (Å²) >= 11 is 0. The zero-order valence-corrected chi connectivity index (χ0v) is 17.8. The lowest BCUT2D eigenvalue weighted by Crippen LogP contribution is -2.16. The first-order valence-corrected chi connectivity index (χ1v) is 10.5. The number of rotatable bonds is 19. The van der Waals surface area contributed by atoms with Gasteiger partial charge >= 0.3 is 11.9 Å². The predicted octanol–water partition coefficient (Wildman–Crippen LogP) is 3.19. The molecule has 0 saturated heterocycles. The normalized spacial score (nSPS) is 10.8. The molecular weight excluding hydrogens is 392 g/mol. The first kappa shape index (κ1) is 26.0. The van der Waals surface area contributed by atoms with Crippen molar-refractivity contribution in [2.24, 2.45) is 0 Å². The fraction of sp³-hybridized carbons (Fsp3) is 0.636. The second kappa shape index (κ2) is 17.8. The van der Waals surface area contributed by atoms with E-state index in [1.807, 2.05) is 0 Å². The van der Waals surface area contributed by atoms with Gasteiger partial charge in [0.1, 0.15) is 6.61 Å². The summed E-state index contributed by atoms with van der Waals surface area (Å²) in [5.74, 6) is -1.86. The van der Waals surface area contributed by atoms with Gasteiger partial charge in [-0.15, -0.1) is 0 Å². The van der Waals surface area contributed by atoms with Crippen LogP contribution in [-0.4, -0.2) is 76.5 Å². The molecule has 1 N–H and O–H groups in total. The van der Waals surface area contributed by atoms with E-state index in [1.54, 1.807) is 12.1 Å². The van der Waals surface area contributed by atoms with E-state index >= 15 is 0 Å². The Morgan fingerprint density at radius 3 is 1.73 bits per heavy atom. The number of carbonyl (C=O) groups is 2. The van der Waals surface area contributed by atoms with Crippen molar-refractivity contribution >= 4 is 11.9 Å². The molecule has 0 aliphatic rings. The molecule has 0 amide bonds. The number of aromatic carboxylic acids is 1. The molecule has 0 aliphatic heterocycles. The monoisotopic (exact) mass is 426 g/mol. The molecule has 0 heterocycles. The van der Waals surface area contributed by atoms with Crippen LogP contribution in [0, 0.1) is 0 Å². The Labute approximate surface area is 178 Å². The van der Waals surface area contributed by atoms with Crippen LogP contribution in [-0.2, 0) is 23.7 Å². The van der Waals surface area contributed by atoms with Crippen LogP contribution in [0.3, 0.4) is 0 Å². The maximum atomic E-state index is 11.9. The standard InChI is InChI=1S/C22H34O8/c1-2-3-4-7-10-26-11-12-27-13-14-28-15-16-29-17-18-30-22(25)20-9-6-5-8-19(20)21(23)24/h5-6,8-9H,2-4,7,10-18H2,1H3,(H,23,24). The molecule has 1 aromatic rings. The Morgan fingerprint density at radius 2 is 1.20 bits per heavy atom. The fourth-order valence-electron chi connectivity index (χ4n) is 2.51. The molecule has 1 rings (SSSR count). The molecule has 0 spiro atoms. The van der Waals surface area contributed by atoms with E-state index in [9.17, 15) is 9.59 Å². The number of ether oxygens (including phenoxy) is 5. The third kappa shape index (κ3) is 12.5. The third-order valence-corrected chi connectivity index (χ3v) is 4.10. The van der Waals surface area contributed by atoms with Gasteiger partial charge in [-0.2, -0.15) is 0 Å². The minimum atomic E-state index is -1.17. The van der Waals surface area contributed by atoms with Crippen LogP contribution in [0.15, 0.2) is 24.3 Å². The number of hydrogen-bond donors (Lipinski definition) is 1. The van der Waals surface area contributed by atoms with E-state index in [1.165, 1.54) is 31.4 Å². The Kier molecular flexibility index (Phi) is 15.5. The molecule has 170 valence electrons. The minimum absolute atomic E-state index is 0.0234. The van der Waals surface area contributed by atoms with Gasteiger partial charge in [-0.1, -0.05) is 38.3 Å².